The number of rotatable bonds is 5. The van der Waals surface area contributed by atoms with Crippen LogP contribution in [0.2, 0.25) is 0 Å². The van der Waals surface area contributed by atoms with Crippen LogP contribution < -0.4 is 5.32 Å². The number of thioether (sulfide) groups is 1. The summed E-state index contributed by atoms with van der Waals surface area (Å²) in [6, 6.07) is 15.6. The Morgan fingerprint density at radius 2 is 1.80 bits per heavy atom. The summed E-state index contributed by atoms with van der Waals surface area (Å²) in [5.41, 5.74) is 2.68. The van der Waals surface area contributed by atoms with Crippen molar-refractivity contribution in [3.8, 4) is 0 Å². The lowest BCUT2D eigenvalue weighted by Gasteiger charge is -2.11. The molecule has 0 aliphatic heterocycles. The molecule has 0 saturated carbocycles. The van der Waals surface area contributed by atoms with Crippen molar-refractivity contribution in [2.24, 2.45) is 0 Å². The van der Waals surface area contributed by atoms with Crippen molar-refractivity contribution in [1.29, 1.82) is 0 Å². The highest BCUT2D eigenvalue weighted by Gasteiger charge is 2.11. The summed E-state index contributed by atoms with van der Waals surface area (Å²) in [7, 11) is 0. The minimum atomic E-state index is -0.0431. The number of amides is 1. The zero-order valence-electron chi connectivity index (χ0n) is 11.8. The normalized spacial score (nSPS) is 10.3. The van der Waals surface area contributed by atoms with E-state index < -0.39 is 0 Å². The van der Waals surface area contributed by atoms with Crippen LogP contribution in [0.15, 0.2) is 53.4 Å². The average Bonchev–Trinajstić information content (AvgIpc) is 2.47. The molecule has 2 aromatic carbocycles. The van der Waals surface area contributed by atoms with Crippen LogP contribution in [0, 0.1) is 6.92 Å². The van der Waals surface area contributed by atoms with Gasteiger partial charge in [-0.05, 0) is 42.9 Å². The van der Waals surface area contributed by atoms with Gasteiger partial charge in [0.15, 0.2) is 0 Å². The highest BCUT2D eigenvalue weighted by atomic mass is 32.2. The van der Waals surface area contributed by atoms with E-state index in [4.69, 9.17) is 0 Å². The van der Waals surface area contributed by atoms with Gasteiger partial charge in [0.05, 0.1) is 5.56 Å². The summed E-state index contributed by atoms with van der Waals surface area (Å²) in [5, 5.41) is 2.99. The first-order valence-corrected chi connectivity index (χ1v) is 7.79. The van der Waals surface area contributed by atoms with Crippen LogP contribution in [0.4, 0.5) is 5.69 Å². The SMILES string of the molecule is CCCSc1ccccc1C(=O)Nc1ccccc1C. The Balaban J connectivity index is 2.19. The van der Waals surface area contributed by atoms with Gasteiger partial charge < -0.3 is 5.32 Å². The van der Waals surface area contributed by atoms with Gasteiger partial charge in [0.1, 0.15) is 0 Å². The predicted molar refractivity (Wildman–Crippen MR) is 86.6 cm³/mol. The molecule has 0 aliphatic carbocycles. The number of aryl methyl sites for hydroxylation is 1. The van der Waals surface area contributed by atoms with Gasteiger partial charge in [0.25, 0.3) is 5.91 Å². The summed E-state index contributed by atoms with van der Waals surface area (Å²) in [6.07, 6.45) is 1.10. The van der Waals surface area contributed by atoms with Gasteiger partial charge in [-0.2, -0.15) is 0 Å². The standard InChI is InChI=1S/C17H19NOS/c1-3-12-20-16-11-7-5-9-14(16)17(19)18-15-10-6-4-8-13(15)2/h4-11H,3,12H2,1-2H3,(H,18,19). The van der Waals surface area contributed by atoms with E-state index in [2.05, 4.69) is 12.2 Å². The number of hydrogen-bond donors (Lipinski definition) is 1. The van der Waals surface area contributed by atoms with E-state index in [0.29, 0.717) is 0 Å². The molecule has 2 aromatic rings. The van der Waals surface area contributed by atoms with Gasteiger partial charge in [-0.15, -0.1) is 11.8 Å². The maximum absolute atomic E-state index is 12.4. The summed E-state index contributed by atoms with van der Waals surface area (Å²) < 4.78 is 0. The lowest BCUT2D eigenvalue weighted by atomic mass is 10.1. The number of anilines is 1. The number of para-hydroxylation sites is 1. The molecule has 0 atom stereocenters. The minimum Gasteiger partial charge on any atom is -0.322 e. The fraction of sp³-hybridized carbons (Fsp3) is 0.235. The molecule has 0 bridgehead atoms. The van der Waals surface area contributed by atoms with Crippen molar-refractivity contribution in [3.05, 3.63) is 59.7 Å². The molecule has 1 amide bonds. The second kappa shape index (κ2) is 7.15. The molecule has 0 unspecified atom stereocenters. The molecule has 2 nitrogen and oxygen atoms in total. The van der Waals surface area contributed by atoms with Crippen LogP contribution in [0.1, 0.15) is 29.3 Å². The minimum absolute atomic E-state index is 0.0431. The van der Waals surface area contributed by atoms with E-state index in [1.165, 1.54) is 0 Å². The molecular weight excluding hydrogens is 266 g/mol. The number of hydrogen-bond acceptors (Lipinski definition) is 2. The molecule has 0 aliphatic rings. The van der Waals surface area contributed by atoms with Gasteiger partial charge in [0, 0.05) is 10.6 Å². The van der Waals surface area contributed by atoms with Crippen LogP contribution in [0.3, 0.4) is 0 Å². The largest absolute Gasteiger partial charge is 0.322 e. The molecular formula is C17H19NOS. The van der Waals surface area contributed by atoms with Crippen molar-refractivity contribution in [3.63, 3.8) is 0 Å². The Morgan fingerprint density at radius 1 is 1.10 bits per heavy atom. The van der Waals surface area contributed by atoms with Gasteiger partial charge in [-0.1, -0.05) is 37.3 Å². The third-order valence-corrected chi connectivity index (χ3v) is 4.27. The molecule has 20 heavy (non-hydrogen) atoms. The van der Waals surface area contributed by atoms with Crippen molar-refractivity contribution in [1.82, 2.24) is 0 Å². The molecule has 104 valence electrons. The molecule has 0 aromatic heterocycles. The molecule has 1 N–H and O–H groups in total. The van der Waals surface area contributed by atoms with E-state index in [9.17, 15) is 4.79 Å². The summed E-state index contributed by atoms with van der Waals surface area (Å²) >= 11 is 1.73. The second-order valence-electron chi connectivity index (χ2n) is 4.61. The molecule has 3 heteroatoms. The van der Waals surface area contributed by atoms with Crippen LogP contribution in [0.5, 0.6) is 0 Å². The highest BCUT2D eigenvalue weighted by molar-refractivity contribution is 7.99. The Labute approximate surface area is 124 Å². The molecule has 0 heterocycles. The van der Waals surface area contributed by atoms with E-state index in [0.717, 1.165) is 33.9 Å². The van der Waals surface area contributed by atoms with Crippen LogP contribution in [-0.2, 0) is 0 Å². The monoisotopic (exact) mass is 285 g/mol. The van der Waals surface area contributed by atoms with E-state index in [-0.39, 0.29) is 5.91 Å². The topological polar surface area (TPSA) is 29.1 Å². The van der Waals surface area contributed by atoms with Crippen LogP contribution >= 0.6 is 11.8 Å². The lowest BCUT2D eigenvalue weighted by Crippen LogP contribution is -2.13. The van der Waals surface area contributed by atoms with E-state index >= 15 is 0 Å². The van der Waals surface area contributed by atoms with Gasteiger partial charge in [-0.25, -0.2) is 0 Å². The van der Waals surface area contributed by atoms with Crippen LogP contribution in [-0.4, -0.2) is 11.7 Å². The Bertz CT molecular complexity index is 595. The number of carbonyl (C=O) groups excluding carboxylic acids is 1. The zero-order valence-corrected chi connectivity index (χ0v) is 12.7. The fourth-order valence-electron chi connectivity index (χ4n) is 1.89. The van der Waals surface area contributed by atoms with Crippen molar-refractivity contribution in [2.75, 3.05) is 11.1 Å². The number of benzene rings is 2. The second-order valence-corrected chi connectivity index (χ2v) is 5.75. The average molecular weight is 285 g/mol. The van der Waals surface area contributed by atoms with Gasteiger partial charge >= 0.3 is 0 Å². The lowest BCUT2D eigenvalue weighted by molar-refractivity contribution is 0.102. The highest BCUT2D eigenvalue weighted by Crippen LogP contribution is 2.24. The fourth-order valence-corrected chi connectivity index (χ4v) is 2.81. The third-order valence-electron chi connectivity index (χ3n) is 2.99. The van der Waals surface area contributed by atoms with Crippen molar-refractivity contribution >= 4 is 23.4 Å². The van der Waals surface area contributed by atoms with E-state index in [1.54, 1.807) is 11.8 Å². The van der Waals surface area contributed by atoms with E-state index in [1.807, 2.05) is 55.5 Å². The molecule has 0 radical (unpaired) electrons. The van der Waals surface area contributed by atoms with Gasteiger partial charge in [-0.3, -0.25) is 4.79 Å². The van der Waals surface area contributed by atoms with Crippen LogP contribution in [0.25, 0.3) is 0 Å². The molecule has 0 saturated heterocycles. The molecule has 2 rings (SSSR count). The van der Waals surface area contributed by atoms with Gasteiger partial charge in [0.2, 0.25) is 0 Å². The summed E-state index contributed by atoms with van der Waals surface area (Å²) in [5.74, 6) is 0.979. The van der Waals surface area contributed by atoms with Crippen molar-refractivity contribution < 1.29 is 4.79 Å². The zero-order chi connectivity index (χ0) is 14.4. The predicted octanol–water partition coefficient (Wildman–Crippen LogP) is 4.75. The first kappa shape index (κ1) is 14.7. The Kier molecular flexibility index (Phi) is 5.24. The smallest absolute Gasteiger partial charge is 0.256 e. The van der Waals surface area contributed by atoms with Crippen molar-refractivity contribution in [2.45, 2.75) is 25.2 Å². The number of carbonyl (C=O) groups is 1. The quantitative estimate of drug-likeness (QED) is 0.803. The number of nitrogens with one attached hydrogen (secondary N) is 1. The maximum atomic E-state index is 12.4. The molecule has 0 spiro atoms. The first-order valence-electron chi connectivity index (χ1n) is 6.81. The first-order chi connectivity index (χ1) is 9.72. The summed E-state index contributed by atoms with van der Waals surface area (Å²) in [4.78, 5) is 13.5. The molecule has 0 fully saturated rings. The third kappa shape index (κ3) is 3.64. The maximum Gasteiger partial charge on any atom is 0.256 e. The summed E-state index contributed by atoms with van der Waals surface area (Å²) in [6.45, 7) is 4.14. The Morgan fingerprint density at radius 3 is 2.55 bits per heavy atom. The Hall–Kier alpha value is -1.74.